The number of alkyl halides is 3. The number of carbonyl (C=O) groups is 3. The van der Waals surface area contributed by atoms with Crippen LogP contribution in [0.1, 0.15) is 10.4 Å². The van der Waals surface area contributed by atoms with E-state index in [9.17, 15) is 27.6 Å². The van der Waals surface area contributed by atoms with Gasteiger partial charge in [0.2, 0.25) is 0 Å². The average molecular weight is 432 g/mol. The van der Waals surface area contributed by atoms with Gasteiger partial charge in [0.1, 0.15) is 5.03 Å². The van der Waals surface area contributed by atoms with Crippen molar-refractivity contribution < 1.29 is 32.3 Å². The van der Waals surface area contributed by atoms with Gasteiger partial charge in [0.25, 0.3) is 5.91 Å². The Morgan fingerprint density at radius 3 is 2.07 bits per heavy atom. The van der Waals surface area contributed by atoms with Crippen LogP contribution in [0.5, 0.6) is 0 Å². The molecule has 3 amide bonds. The van der Waals surface area contributed by atoms with Crippen LogP contribution in [0.2, 0.25) is 0 Å². The summed E-state index contributed by atoms with van der Waals surface area (Å²) in [6.45, 7) is 1.95. The lowest BCUT2D eigenvalue weighted by Gasteiger charge is -2.36. The fourth-order valence-corrected chi connectivity index (χ4v) is 3.66. The molecule has 2 aliphatic heterocycles. The zero-order chi connectivity index (χ0) is 21.0. The summed E-state index contributed by atoms with van der Waals surface area (Å²) in [5.74, 6) is -1.84. The van der Waals surface area contributed by atoms with Gasteiger partial charge in [0.15, 0.2) is 0 Å². The molecule has 1 aromatic rings. The minimum Gasteiger partial charge on any atom is -0.378 e. The van der Waals surface area contributed by atoms with Gasteiger partial charge >= 0.3 is 17.3 Å². The maximum absolute atomic E-state index is 12.7. The maximum atomic E-state index is 12.7. The van der Waals surface area contributed by atoms with Crippen LogP contribution in [0.4, 0.5) is 13.2 Å². The Morgan fingerprint density at radius 1 is 0.931 bits per heavy atom. The molecule has 1 aromatic heterocycles. The molecule has 2 saturated heterocycles. The molecule has 0 aliphatic carbocycles. The number of amides is 3. The highest BCUT2D eigenvalue weighted by Crippen LogP contribution is 2.37. The summed E-state index contributed by atoms with van der Waals surface area (Å²) in [6.07, 6.45) is 1.19. The topological polar surface area (TPSA) is 83.1 Å². The molecule has 29 heavy (non-hydrogen) atoms. The largest absolute Gasteiger partial charge is 0.447 e. The van der Waals surface area contributed by atoms with Crippen LogP contribution in [-0.4, -0.2) is 95.4 Å². The van der Waals surface area contributed by atoms with Gasteiger partial charge in [0, 0.05) is 57.2 Å². The van der Waals surface area contributed by atoms with Crippen molar-refractivity contribution in [2.45, 2.75) is 10.5 Å². The van der Waals surface area contributed by atoms with E-state index < -0.39 is 40.0 Å². The second-order valence-corrected chi connectivity index (χ2v) is 7.45. The van der Waals surface area contributed by atoms with Crippen molar-refractivity contribution in [1.29, 1.82) is 0 Å². The molecular weight excluding hydrogens is 413 g/mol. The third kappa shape index (κ3) is 5.38. The van der Waals surface area contributed by atoms with Gasteiger partial charge in [-0.1, -0.05) is 0 Å². The Kier molecular flexibility index (Phi) is 6.63. The first kappa shape index (κ1) is 21.4. The van der Waals surface area contributed by atoms with E-state index in [0.717, 1.165) is 0 Å². The molecule has 0 N–H and O–H groups in total. The monoisotopic (exact) mass is 432 g/mol. The molecular formula is C17H19F3N4O4S. The predicted octanol–water partition coefficient (Wildman–Crippen LogP) is 0.837. The van der Waals surface area contributed by atoms with Crippen LogP contribution < -0.4 is 0 Å². The van der Waals surface area contributed by atoms with Gasteiger partial charge in [-0.15, -0.1) is 0 Å². The molecule has 0 atom stereocenters. The Balaban J connectivity index is 1.60. The number of morpholine rings is 1. The van der Waals surface area contributed by atoms with E-state index in [1.807, 2.05) is 0 Å². The second kappa shape index (κ2) is 8.99. The number of hydrogen-bond acceptors (Lipinski definition) is 6. The normalized spacial score (nSPS) is 18.0. The summed E-state index contributed by atoms with van der Waals surface area (Å²) < 4.78 is 43.3. The van der Waals surface area contributed by atoms with E-state index in [1.54, 1.807) is 0 Å². The van der Waals surface area contributed by atoms with Crippen LogP contribution >= 0.6 is 11.8 Å². The molecule has 12 heteroatoms. The highest BCUT2D eigenvalue weighted by Gasteiger charge is 2.35. The Morgan fingerprint density at radius 2 is 1.48 bits per heavy atom. The van der Waals surface area contributed by atoms with Crippen LogP contribution in [0, 0.1) is 0 Å². The molecule has 8 nitrogen and oxygen atoms in total. The summed E-state index contributed by atoms with van der Waals surface area (Å²) in [4.78, 5) is 45.2. The van der Waals surface area contributed by atoms with E-state index in [2.05, 4.69) is 4.98 Å². The van der Waals surface area contributed by atoms with Gasteiger partial charge in [0.05, 0.1) is 18.8 Å². The Labute approximate surface area is 169 Å². The summed E-state index contributed by atoms with van der Waals surface area (Å²) in [7, 11) is 0. The number of nitrogens with zero attached hydrogens (tertiary/aromatic N) is 4. The first-order valence-corrected chi connectivity index (χ1v) is 9.74. The number of rotatable bonds is 2. The number of aromatic nitrogens is 1. The summed E-state index contributed by atoms with van der Waals surface area (Å²) in [6, 6.07) is 2.69. The minimum atomic E-state index is -4.56. The van der Waals surface area contributed by atoms with E-state index in [-0.39, 0.29) is 31.7 Å². The molecule has 0 spiro atoms. The Hall–Kier alpha value is -2.34. The number of ether oxygens (including phenoxy) is 1. The van der Waals surface area contributed by atoms with Crippen molar-refractivity contribution in [3.63, 3.8) is 0 Å². The third-order valence-corrected chi connectivity index (χ3v) is 5.30. The van der Waals surface area contributed by atoms with Crippen LogP contribution in [0.15, 0.2) is 23.4 Å². The molecule has 158 valence electrons. The number of pyridine rings is 1. The smallest absolute Gasteiger partial charge is 0.378 e. The molecule has 0 radical (unpaired) electrons. The van der Waals surface area contributed by atoms with Crippen molar-refractivity contribution >= 4 is 29.5 Å². The lowest BCUT2D eigenvalue weighted by Crippen LogP contribution is -2.55. The quantitative estimate of drug-likeness (QED) is 0.509. The van der Waals surface area contributed by atoms with Crippen LogP contribution in [0.3, 0.4) is 0 Å². The lowest BCUT2D eigenvalue weighted by atomic mass is 10.2. The first-order valence-electron chi connectivity index (χ1n) is 8.92. The SMILES string of the molecule is O=C(C(=O)N1CCN(C(=O)c2cccnc2SC(F)(F)F)CC1)N1CCOCC1. The zero-order valence-electron chi connectivity index (χ0n) is 15.4. The average Bonchev–Trinajstić information content (AvgIpc) is 2.72. The highest BCUT2D eigenvalue weighted by atomic mass is 32.2. The van der Waals surface area contributed by atoms with Crippen molar-refractivity contribution in [1.82, 2.24) is 19.7 Å². The van der Waals surface area contributed by atoms with Gasteiger partial charge in [-0.05, 0) is 12.1 Å². The second-order valence-electron chi connectivity index (χ2n) is 6.39. The Bertz CT molecular complexity index is 778. The van der Waals surface area contributed by atoms with Gasteiger partial charge < -0.3 is 19.4 Å². The standard InChI is InChI=1S/C17H19F3N4O4S/c18-17(19,20)29-13-12(2-1-3-21-13)14(25)22-4-6-23(7-5-22)15(26)16(27)24-8-10-28-11-9-24/h1-3H,4-11H2. The third-order valence-electron chi connectivity index (χ3n) is 4.55. The number of carbonyl (C=O) groups excluding carboxylic acids is 3. The number of hydrogen-bond donors (Lipinski definition) is 0. The van der Waals surface area contributed by atoms with Crippen molar-refractivity contribution in [3.8, 4) is 0 Å². The molecule has 2 aliphatic rings. The molecule has 2 fully saturated rings. The van der Waals surface area contributed by atoms with E-state index in [1.165, 1.54) is 33.0 Å². The van der Waals surface area contributed by atoms with Crippen LogP contribution in [0.25, 0.3) is 0 Å². The predicted molar refractivity (Wildman–Crippen MR) is 96.0 cm³/mol. The number of thioether (sulfide) groups is 1. The van der Waals surface area contributed by atoms with Crippen LogP contribution in [-0.2, 0) is 14.3 Å². The molecule has 0 unspecified atom stereocenters. The van der Waals surface area contributed by atoms with Crippen molar-refractivity contribution in [3.05, 3.63) is 23.9 Å². The summed E-state index contributed by atoms with van der Waals surface area (Å²) in [5, 5.41) is -0.411. The molecule has 0 aromatic carbocycles. The molecule has 3 rings (SSSR count). The van der Waals surface area contributed by atoms with E-state index in [0.29, 0.717) is 26.3 Å². The van der Waals surface area contributed by atoms with E-state index >= 15 is 0 Å². The number of halogens is 3. The van der Waals surface area contributed by atoms with Gasteiger partial charge in [-0.2, -0.15) is 13.2 Å². The molecule has 0 saturated carbocycles. The molecule has 3 heterocycles. The molecule has 0 bridgehead atoms. The summed E-state index contributed by atoms with van der Waals surface area (Å²) >= 11 is -0.439. The zero-order valence-corrected chi connectivity index (χ0v) is 16.2. The fourth-order valence-electron chi connectivity index (χ4n) is 3.06. The maximum Gasteiger partial charge on any atom is 0.447 e. The van der Waals surface area contributed by atoms with Gasteiger partial charge in [-0.25, -0.2) is 4.98 Å². The minimum absolute atomic E-state index is 0.117. The van der Waals surface area contributed by atoms with Crippen molar-refractivity contribution in [2.75, 3.05) is 52.5 Å². The van der Waals surface area contributed by atoms with Gasteiger partial charge in [-0.3, -0.25) is 14.4 Å². The highest BCUT2D eigenvalue weighted by molar-refractivity contribution is 8.00. The van der Waals surface area contributed by atoms with Crippen molar-refractivity contribution in [2.24, 2.45) is 0 Å². The van der Waals surface area contributed by atoms with E-state index in [4.69, 9.17) is 4.74 Å². The lowest BCUT2D eigenvalue weighted by molar-refractivity contribution is -0.154. The summed E-state index contributed by atoms with van der Waals surface area (Å²) in [5.41, 5.74) is -4.70. The fraction of sp³-hybridized carbons (Fsp3) is 0.529. The first-order chi connectivity index (χ1) is 13.8. The number of piperazine rings is 1.